The monoisotopic (exact) mass is 496 g/mol. The summed E-state index contributed by atoms with van der Waals surface area (Å²) in [7, 11) is -3.42. The maximum atomic E-state index is 11.8. The van der Waals surface area contributed by atoms with Crippen LogP contribution in [0, 0.1) is 0 Å². The van der Waals surface area contributed by atoms with E-state index in [0.29, 0.717) is 41.0 Å². The second-order valence-electron chi connectivity index (χ2n) is 8.13. The SMILES string of the molecule is CCCOc1c(Cl)cc(C(C)(C)c2ccc(CCc3ocnc3S(C)(=O)=O)nc2)cc1Cl. The highest BCUT2D eigenvalue weighted by molar-refractivity contribution is 7.90. The van der Waals surface area contributed by atoms with Crippen LogP contribution in [0.1, 0.15) is 49.8 Å². The molecule has 0 aliphatic heterocycles. The Kier molecular flexibility index (Phi) is 7.53. The standard InChI is InChI=1S/C23H26Cl2N2O4S/c1-5-10-30-21-18(24)11-16(12-19(21)25)23(2,3)15-6-7-17(26-13-15)8-9-20-22(27-14-31-20)32(4,28)29/h6-7,11-14H,5,8-10H2,1-4H3. The number of hydrogen-bond acceptors (Lipinski definition) is 6. The van der Waals surface area contributed by atoms with Crippen LogP contribution >= 0.6 is 23.2 Å². The molecule has 0 fully saturated rings. The molecule has 6 nitrogen and oxygen atoms in total. The van der Waals surface area contributed by atoms with Crippen molar-refractivity contribution in [2.45, 2.75) is 50.5 Å². The highest BCUT2D eigenvalue weighted by atomic mass is 35.5. The summed E-state index contributed by atoms with van der Waals surface area (Å²) in [6.45, 7) is 6.72. The molecule has 0 spiro atoms. The molecule has 9 heteroatoms. The van der Waals surface area contributed by atoms with Gasteiger partial charge in [-0.3, -0.25) is 4.98 Å². The third-order valence-corrected chi connectivity index (χ3v) is 6.88. The van der Waals surface area contributed by atoms with Gasteiger partial charge in [-0.15, -0.1) is 0 Å². The van der Waals surface area contributed by atoms with Crippen LogP contribution in [0.2, 0.25) is 10.0 Å². The van der Waals surface area contributed by atoms with Gasteiger partial charge < -0.3 is 9.15 Å². The van der Waals surface area contributed by atoms with Crippen molar-refractivity contribution in [2.75, 3.05) is 12.9 Å². The van der Waals surface area contributed by atoms with Crippen molar-refractivity contribution >= 4 is 33.0 Å². The van der Waals surface area contributed by atoms with Crippen LogP contribution in [-0.2, 0) is 28.1 Å². The fourth-order valence-electron chi connectivity index (χ4n) is 3.34. The summed E-state index contributed by atoms with van der Waals surface area (Å²) in [4.78, 5) is 8.37. The van der Waals surface area contributed by atoms with Gasteiger partial charge in [0.25, 0.3) is 0 Å². The summed E-state index contributed by atoms with van der Waals surface area (Å²) >= 11 is 12.9. The predicted molar refractivity (Wildman–Crippen MR) is 126 cm³/mol. The predicted octanol–water partition coefficient (Wildman–Crippen LogP) is 5.68. The average Bonchev–Trinajstić information content (AvgIpc) is 3.21. The molecule has 172 valence electrons. The number of halogens is 2. The molecule has 2 aromatic heterocycles. The molecule has 0 aliphatic carbocycles. The number of pyridine rings is 1. The zero-order valence-electron chi connectivity index (χ0n) is 18.5. The first-order chi connectivity index (χ1) is 15.0. The Morgan fingerprint density at radius 3 is 2.31 bits per heavy atom. The molecule has 0 aliphatic rings. The van der Waals surface area contributed by atoms with Crippen LogP contribution < -0.4 is 4.74 Å². The Bertz CT molecular complexity index is 1170. The lowest BCUT2D eigenvalue weighted by atomic mass is 9.79. The second-order valence-corrected chi connectivity index (χ2v) is 10.9. The maximum Gasteiger partial charge on any atom is 0.196 e. The lowest BCUT2D eigenvalue weighted by molar-refractivity contribution is 0.317. The minimum Gasteiger partial charge on any atom is -0.490 e. The van der Waals surface area contributed by atoms with Gasteiger partial charge >= 0.3 is 0 Å². The van der Waals surface area contributed by atoms with Gasteiger partial charge in [0.15, 0.2) is 27.0 Å². The van der Waals surface area contributed by atoms with E-state index in [1.54, 1.807) is 0 Å². The summed E-state index contributed by atoms with van der Waals surface area (Å²) in [5.41, 5.74) is 2.37. The van der Waals surface area contributed by atoms with E-state index < -0.39 is 15.3 Å². The van der Waals surface area contributed by atoms with Crippen molar-refractivity contribution in [3.8, 4) is 5.75 Å². The van der Waals surface area contributed by atoms with Gasteiger partial charge in [-0.1, -0.05) is 50.0 Å². The molecule has 2 heterocycles. The molecule has 3 aromatic rings. The summed E-state index contributed by atoms with van der Waals surface area (Å²) in [6.07, 6.45) is 5.87. The molecule has 0 unspecified atom stereocenters. The van der Waals surface area contributed by atoms with Crippen molar-refractivity contribution in [3.63, 3.8) is 0 Å². The van der Waals surface area contributed by atoms with Crippen LogP contribution in [0.25, 0.3) is 0 Å². The molecular weight excluding hydrogens is 471 g/mol. The average molecular weight is 497 g/mol. The van der Waals surface area contributed by atoms with Gasteiger partial charge in [-0.25, -0.2) is 13.4 Å². The van der Waals surface area contributed by atoms with E-state index in [1.165, 1.54) is 0 Å². The first kappa shape index (κ1) is 24.6. The third-order valence-electron chi connectivity index (χ3n) is 5.28. The number of ether oxygens (including phenoxy) is 1. The van der Waals surface area contributed by atoms with Gasteiger partial charge in [-0.05, 0) is 42.2 Å². The number of nitrogens with zero attached hydrogens (tertiary/aromatic N) is 2. The second kappa shape index (κ2) is 9.81. The van der Waals surface area contributed by atoms with Crippen molar-refractivity contribution in [1.82, 2.24) is 9.97 Å². The minimum atomic E-state index is -3.42. The molecular formula is C23H26Cl2N2O4S. The molecule has 32 heavy (non-hydrogen) atoms. The van der Waals surface area contributed by atoms with Crippen molar-refractivity contribution in [1.29, 1.82) is 0 Å². The van der Waals surface area contributed by atoms with Crippen molar-refractivity contribution in [3.05, 3.63) is 69.5 Å². The Morgan fingerprint density at radius 2 is 1.75 bits per heavy atom. The Balaban J connectivity index is 1.77. The number of rotatable bonds is 9. The Labute approximate surface area is 198 Å². The highest BCUT2D eigenvalue weighted by Gasteiger charge is 2.26. The minimum absolute atomic E-state index is 0.0182. The van der Waals surface area contributed by atoms with Gasteiger partial charge in [0.2, 0.25) is 0 Å². The number of benzene rings is 1. The van der Waals surface area contributed by atoms with E-state index >= 15 is 0 Å². The van der Waals surface area contributed by atoms with Crippen LogP contribution in [-0.4, -0.2) is 31.2 Å². The van der Waals surface area contributed by atoms with E-state index in [-0.39, 0.29) is 5.03 Å². The Hall–Kier alpha value is -2.09. The van der Waals surface area contributed by atoms with Gasteiger partial charge in [-0.2, -0.15) is 0 Å². The number of aromatic nitrogens is 2. The molecule has 0 atom stereocenters. The van der Waals surface area contributed by atoms with E-state index in [1.807, 2.05) is 37.4 Å². The Morgan fingerprint density at radius 1 is 1.06 bits per heavy atom. The molecule has 3 rings (SSSR count). The zero-order chi connectivity index (χ0) is 23.5. The molecule has 0 saturated heterocycles. The molecule has 0 radical (unpaired) electrons. The summed E-state index contributed by atoms with van der Waals surface area (Å²) in [5.74, 6) is 0.845. The largest absolute Gasteiger partial charge is 0.490 e. The number of aryl methyl sites for hydroxylation is 2. The van der Waals surface area contributed by atoms with E-state index in [4.69, 9.17) is 32.4 Å². The quantitative estimate of drug-likeness (QED) is 0.378. The number of oxazole rings is 1. The maximum absolute atomic E-state index is 11.8. The molecule has 1 aromatic carbocycles. The van der Waals surface area contributed by atoms with Crippen LogP contribution in [0.4, 0.5) is 0 Å². The van der Waals surface area contributed by atoms with Crippen LogP contribution in [0.5, 0.6) is 5.75 Å². The third kappa shape index (κ3) is 5.45. The molecule has 0 saturated carbocycles. The lowest BCUT2D eigenvalue weighted by Crippen LogP contribution is -2.19. The zero-order valence-corrected chi connectivity index (χ0v) is 20.8. The summed E-state index contributed by atoms with van der Waals surface area (Å²) < 4.78 is 34.5. The van der Waals surface area contributed by atoms with E-state index in [2.05, 4.69) is 23.8 Å². The van der Waals surface area contributed by atoms with E-state index in [9.17, 15) is 8.42 Å². The van der Waals surface area contributed by atoms with Crippen molar-refractivity contribution < 1.29 is 17.6 Å². The number of hydrogen-bond donors (Lipinski definition) is 0. The van der Waals surface area contributed by atoms with Gasteiger partial charge in [0, 0.05) is 30.0 Å². The first-order valence-corrected chi connectivity index (χ1v) is 12.9. The summed E-state index contributed by atoms with van der Waals surface area (Å²) in [6, 6.07) is 7.69. The molecule has 0 N–H and O–H groups in total. The van der Waals surface area contributed by atoms with Gasteiger partial charge in [0.1, 0.15) is 5.76 Å². The summed E-state index contributed by atoms with van der Waals surface area (Å²) in [5, 5.41) is 0.940. The topological polar surface area (TPSA) is 82.3 Å². The number of sulfone groups is 1. The molecule has 0 bridgehead atoms. The smallest absolute Gasteiger partial charge is 0.196 e. The van der Waals surface area contributed by atoms with Gasteiger partial charge in [0.05, 0.1) is 16.7 Å². The normalized spacial score (nSPS) is 12.2. The highest BCUT2D eigenvalue weighted by Crippen LogP contribution is 2.40. The fraction of sp³-hybridized carbons (Fsp3) is 0.391. The van der Waals surface area contributed by atoms with E-state index in [0.717, 1.165) is 35.9 Å². The first-order valence-electron chi connectivity index (χ1n) is 10.2. The fourth-order valence-corrected chi connectivity index (χ4v) is 4.74. The lowest BCUT2D eigenvalue weighted by Gasteiger charge is -2.27. The van der Waals surface area contributed by atoms with Crippen LogP contribution in [0.3, 0.4) is 0 Å². The molecule has 0 amide bonds. The van der Waals surface area contributed by atoms with Crippen LogP contribution in [0.15, 0.2) is 46.3 Å². The van der Waals surface area contributed by atoms with Crippen molar-refractivity contribution in [2.24, 2.45) is 0 Å².